The Labute approximate surface area is 94.0 Å². The van der Waals surface area contributed by atoms with Gasteiger partial charge in [-0.05, 0) is 24.3 Å². The van der Waals surface area contributed by atoms with Crippen molar-refractivity contribution in [1.82, 2.24) is 4.98 Å². The summed E-state index contributed by atoms with van der Waals surface area (Å²) >= 11 is 0. The molecule has 3 heteroatoms. The van der Waals surface area contributed by atoms with Gasteiger partial charge in [0.05, 0.1) is 5.69 Å². The van der Waals surface area contributed by atoms with Crippen LogP contribution < -0.4 is 4.74 Å². The fourth-order valence-electron chi connectivity index (χ4n) is 1.85. The normalized spacial score (nSPS) is 27.7. The molecule has 1 aromatic heterocycles. The smallest absolute Gasteiger partial charge is 0.240 e. The number of benzene rings is 1. The molecule has 2 aromatic rings. The SMILES string of the molecule is CC1(Oc2ccccc2)OC1c1ccc[nH]1. The molecular formula is C13H13NO2. The Balaban J connectivity index is 1.74. The van der Waals surface area contributed by atoms with Crippen molar-refractivity contribution in [3.8, 4) is 5.75 Å². The van der Waals surface area contributed by atoms with Gasteiger partial charge in [-0.25, -0.2) is 0 Å². The highest BCUT2D eigenvalue weighted by molar-refractivity contribution is 5.24. The van der Waals surface area contributed by atoms with Crippen LogP contribution in [0.4, 0.5) is 0 Å². The van der Waals surface area contributed by atoms with E-state index < -0.39 is 5.79 Å². The summed E-state index contributed by atoms with van der Waals surface area (Å²) in [6.45, 7) is 1.95. The van der Waals surface area contributed by atoms with E-state index in [1.54, 1.807) is 0 Å². The lowest BCUT2D eigenvalue weighted by Gasteiger charge is -2.09. The average molecular weight is 215 g/mol. The van der Waals surface area contributed by atoms with E-state index in [0.29, 0.717) is 0 Å². The van der Waals surface area contributed by atoms with Crippen LogP contribution in [-0.2, 0) is 4.74 Å². The Kier molecular flexibility index (Phi) is 2.01. The first-order chi connectivity index (χ1) is 7.78. The van der Waals surface area contributed by atoms with E-state index in [1.165, 1.54) is 0 Å². The van der Waals surface area contributed by atoms with Crippen LogP contribution in [0.3, 0.4) is 0 Å². The second-order valence-corrected chi connectivity index (χ2v) is 4.05. The average Bonchev–Trinajstić information content (AvgIpc) is 2.77. The summed E-state index contributed by atoms with van der Waals surface area (Å²) in [5, 5.41) is 0. The molecule has 1 N–H and O–H groups in total. The Morgan fingerprint density at radius 3 is 2.69 bits per heavy atom. The number of ether oxygens (including phenoxy) is 2. The van der Waals surface area contributed by atoms with Crippen molar-refractivity contribution in [2.45, 2.75) is 18.8 Å². The molecular weight excluding hydrogens is 202 g/mol. The Hall–Kier alpha value is -1.74. The first-order valence-corrected chi connectivity index (χ1v) is 5.33. The number of nitrogens with one attached hydrogen (secondary N) is 1. The lowest BCUT2D eigenvalue weighted by Crippen LogP contribution is -2.16. The minimum atomic E-state index is -0.536. The molecule has 1 aliphatic rings. The van der Waals surface area contributed by atoms with E-state index >= 15 is 0 Å². The molecule has 1 fully saturated rings. The topological polar surface area (TPSA) is 37.5 Å². The Bertz CT molecular complexity index is 466. The summed E-state index contributed by atoms with van der Waals surface area (Å²) in [5.41, 5.74) is 1.05. The minimum Gasteiger partial charge on any atom is -0.459 e. The largest absolute Gasteiger partial charge is 0.459 e. The second-order valence-electron chi connectivity index (χ2n) is 4.05. The molecule has 0 aliphatic carbocycles. The number of aromatic nitrogens is 1. The molecule has 1 saturated heterocycles. The van der Waals surface area contributed by atoms with Gasteiger partial charge in [0.25, 0.3) is 0 Å². The van der Waals surface area contributed by atoms with Gasteiger partial charge in [0, 0.05) is 13.1 Å². The predicted octanol–water partition coefficient (Wildman–Crippen LogP) is 2.88. The van der Waals surface area contributed by atoms with Crippen LogP contribution in [-0.4, -0.2) is 10.8 Å². The summed E-state index contributed by atoms with van der Waals surface area (Å²) in [5.74, 6) is 0.297. The highest BCUT2D eigenvalue weighted by Crippen LogP contribution is 2.49. The van der Waals surface area contributed by atoms with Crippen LogP contribution in [0.2, 0.25) is 0 Å². The molecule has 0 radical (unpaired) electrons. The van der Waals surface area contributed by atoms with Gasteiger partial charge in [-0.2, -0.15) is 0 Å². The summed E-state index contributed by atoms with van der Waals surface area (Å²) in [7, 11) is 0. The monoisotopic (exact) mass is 215 g/mol. The number of para-hydroxylation sites is 1. The molecule has 1 aliphatic heterocycles. The zero-order chi connectivity index (χ0) is 11.0. The molecule has 2 unspecified atom stereocenters. The first-order valence-electron chi connectivity index (χ1n) is 5.33. The molecule has 0 saturated carbocycles. The van der Waals surface area contributed by atoms with E-state index in [1.807, 2.05) is 55.6 Å². The number of hydrogen-bond donors (Lipinski definition) is 1. The maximum atomic E-state index is 5.81. The molecule has 2 atom stereocenters. The van der Waals surface area contributed by atoms with Gasteiger partial charge in [-0.3, -0.25) is 0 Å². The number of hydrogen-bond acceptors (Lipinski definition) is 2. The predicted molar refractivity (Wildman–Crippen MR) is 60.1 cm³/mol. The summed E-state index contributed by atoms with van der Waals surface area (Å²) in [4.78, 5) is 3.14. The van der Waals surface area contributed by atoms with Crippen LogP contribution in [0.15, 0.2) is 48.7 Å². The van der Waals surface area contributed by atoms with E-state index in [9.17, 15) is 0 Å². The van der Waals surface area contributed by atoms with Crippen LogP contribution in [0.5, 0.6) is 5.75 Å². The standard InChI is InChI=1S/C13H13NO2/c1-13(15-10-6-3-2-4-7-10)12(16-13)11-8-5-9-14-11/h2-9,12,14H,1H3. The molecule has 0 bridgehead atoms. The lowest BCUT2D eigenvalue weighted by molar-refractivity contribution is 0.0803. The second kappa shape index (κ2) is 3.39. The molecule has 2 heterocycles. The maximum Gasteiger partial charge on any atom is 0.240 e. The number of aromatic amines is 1. The number of H-pyrrole nitrogens is 1. The minimum absolute atomic E-state index is 0.00251. The molecule has 0 amide bonds. The first kappa shape index (κ1) is 9.48. The van der Waals surface area contributed by atoms with E-state index in [2.05, 4.69) is 4.98 Å². The third-order valence-corrected chi connectivity index (χ3v) is 2.74. The van der Waals surface area contributed by atoms with Crippen molar-refractivity contribution in [3.05, 3.63) is 54.4 Å². The van der Waals surface area contributed by atoms with Crippen molar-refractivity contribution in [2.24, 2.45) is 0 Å². The van der Waals surface area contributed by atoms with Crippen LogP contribution in [0.1, 0.15) is 18.7 Å². The van der Waals surface area contributed by atoms with Gasteiger partial charge >= 0.3 is 0 Å². The maximum absolute atomic E-state index is 5.81. The lowest BCUT2D eigenvalue weighted by atomic mass is 10.2. The summed E-state index contributed by atoms with van der Waals surface area (Å²) in [6, 6.07) is 13.7. The summed E-state index contributed by atoms with van der Waals surface area (Å²) < 4.78 is 11.4. The fourth-order valence-corrected chi connectivity index (χ4v) is 1.85. The Morgan fingerprint density at radius 2 is 2.00 bits per heavy atom. The van der Waals surface area contributed by atoms with Gasteiger partial charge in [0.15, 0.2) is 6.10 Å². The highest BCUT2D eigenvalue weighted by Gasteiger charge is 2.57. The number of rotatable bonds is 3. The van der Waals surface area contributed by atoms with Gasteiger partial charge in [0.2, 0.25) is 5.79 Å². The van der Waals surface area contributed by atoms with Crippen molar-refractivity contribution in [2.75, 3.05) is 0 Å². The highest BCUT2D eigenvalue weighted by atomic mass is 16.8. The van der Waals surface area contributed by atoms with Gasteiger partial charge < -0.3 is 14.5 Å². The van der Waals surface area contributed by atoms with Crippen molar-refractivity contribution in [3.63, 3.8) is 0 Å². The van der Waals surface area contributed by atoms with E-state index in [-0.39, 0.29) is 6.10 Å². The molecule has 16 heavy (non-hydrogen) atoms. The van der Waals surface area contributed by atoms with Crippen LogP contribution in [0, 0.1) is 0 Å². The fraction of sp³-hybridized carbons (Fsp3) is 0.231. The van der Waals surface area contributed by atoms with Crippen molar-refractivity contribution >= 4 is 0 Å². The van der Waals surface area contributed by atoms with Gasteiger partial charge in [0.1, 0.15) is 5.75 Å². The van der Waals surface area contributed by atoms with Crippen molar-refractivity contribution in [1.29, 1.82) is 0 Å². The third kappa shape index (κ3) is 1.59. The molecule has 82 valence electrons. The zero-order valence-electron chi connectivity index (χ0n) is 9.01. The Morgan fingerprint density at radius 1 is 1.19 bits per heavy atom. The van der Waals surface area contributed by atoms with E-state index in [0.717, 1.165) is 11.4 Å². The summed E-state index contributed by atoms with van der Waals surface area (Å²) in [6.07, 6.45) is 1.89. The third-order valence-electron chi connectivity index (χ3n) is 2.74. The van der Waals surface area contributed by atoms with E-state index in [4.69, 9.17) is 9.47 Å². The molecule has 3 nitrogen and oxygen atoms in total. The van der Waals surface area contributed by atoms with Crippen LogP contribution in [0.25, 0.3) is 0 Å². The van der Waals surface area contributed by atoms with Crippen LogP contribution >= 0.6 is 0 Å². The quantitative estimate of drug-likeness (QED) is 0.799. The number of epoxide rings is 1. The van der Waals surface area contributed by atoms with Crippen molar-refractivity contribution < 1.29 is 9.47 Å². The van der Waals surface area contributed by atoms with Gasteiger partial charge in [-0.15, -0.1) is 0 Å². The molecule has 3 rings (SSSR count). The van der Waals surface area contributed by atoms with Gasteiger partial charge in [-0.1, -0.05) is 18.2 Å². The molecule has 0 spiro atoms. The molecule has 1 aromatic carbocycles. The zero-order valence-corrected chi connectivity index (χ0v) is 9.01.